The average Bonchev–Trinajstić information content (AvgIpc) is 2.55. The minimum absolute atomic E-state index is 0.600. The van der Waals surface area contributed by atoms with Crippen molar-refractivity contribution in [2.45, 2.75) is 6.92 Å². The van der Waals surface area contributed by atoms with E-state index in [2.05, 4.69) is 12.1 Å². The predicted molar refractivity (Wildman–Crippen MR) is 91.2 cm³/mol. The lowest BCUT2D eigenvalue weighted by atomic mass is 9.92. The molecule has 0 saturated carbocycles. The summed E-state index contributed by atoms with van der Waals surface area (Å²) >= 11 is 0. The van der Waals surface area contributed by atoms with Crippen LogP contribution in [0, 0.1) is 18.3 Å². The van der Waals surface area contributed by atoms with Gasteiger partial charge in [0.15, 0.2) is 0 Å². The van der Waals surface area contributed by atoms with Crippen LogP contribution in [0.2, 0.25) is 0 Å². The van der Waals surface area contributed by atoms with E-state index >= 15 is 0 Å². The summed E-state index contributed by atoms with van der Waals surface area (Å²) in [5.41, 5.74) is 12.6. The average molecular weight is 284 g/mol. The van der Waals surface area contributed by atoms with Gasteiger partial charge in [-0.2, -0.15) is 5.26 Å². The zero-order chi connectivity index (χ0) is 15.5. The summed E-state index contributed by atoms with van der Waals surface area (Å²) in [6, 6.07) is 24.1. The number of hydrogen-bond acceptors (Lipinski definition) is 2. The Bertz CT molecular complexity index is 859. The largest absolute Gasteiger partial charge is 0.398 e. The van der Waals surface area contributed by atoms with Crippen molar-refractivity contribution < 1.29 is 0 Å². The molecule has 2 nitrogen and oxygen atoms in total. The van der Waals surface area contributed by atoms with Gasteiger partial charge >= 0.3 is 0 Å². The molecule has 3 rings (SSSR count). The molecule has 0 aliphatic rings. The Balaban J connectivity index is 2.27. The van der Waals surface area contributed by atoms with Crippen LogP contribution in [0.3, 0.4) is 0 Å². The second-order valence-electron chi connectivity index (χ2n) is 5.30. The smallest absolute Gasteiger partial charge is 0.0998 e. The summed E-state index contributed by atoms with van der Waals surface area (Å²) in [6.45, 7) is 2.03. The third-order valence-corrected chi connectivity index (χ3v) is 3.76. The molecule has 2 N–H and O–H groups in total. The Morgan fingerprint density at radius 3 is 2.27 bits per heavy atom. The van der Waals surface area contributed by atoms with Crippen molar-refractivity contribution in [3.63, 3.8) is 0 Å². The number of nitrogens with two attached hydrogens (primary N) is 1. The van der Waals surface area contributed by atoms with Gasteiger partial charge in [-0.1, -0.05) is 66.2 Å². The third kappa shape index (κ3) is 2.45. The lowest BCUT2D eigenvalue weighted by Crippen LogP contribution is -1.97. The molecule has 0 unspecified atom stereocenters. The summed E-state index contributed by atoms with van der Waals surface area (Å²) in [6.07, 6.45) is 0. The van der Waals surface area contributed by atoms with E-state index in [0.717, 1.165) is 27.8 Å². The molecule has 0 aliphatic carbocycles. The topological polar surface area (TPSA) is 49.8 Å². The molecule has 0 spiro atoms. The monoisotopic (exact) mass is 284 g/mol. The fraction of sp³-hybridized carbons (Fsp3) is 0.0500. The molecule has 0 radical (unpaired) electrons. The molecule has 0 aromatic heterocycles. The van der Waals surface area contributed by atoms with Crippen LogP contribution >= 0.6 is 0 Å². The number of anilines is 1. The maximum atomic E-state index is 9.43. The number of benzene rings is 3. The molecular formula is C20H16N2. The van der Waals surface area contributed by atoms with Gasteiger partial charge in [-0.25, -0.2) is 0 Å². The lowest BCUT2D eigenvalue weighted by Gasteiger charge is -2.14. The minimum atomic E-state index is 0.600. The van der Waals surface area contributed by atoms with Gasteiger partial charge in [-0.3, -0.25) is 0 Å². The van der Waals surface area contributed by atoms with Gasteiger partial charge in [0.25, 0.3) is 0 Å². The van der Waals surface area contributed by atoms with Crippen LogP contribution in [0.4, 0.5) is 5.69 Å². The van der Waals surface area contributed by atoms with E-state index in [0.29, 0.717) is 11.3 Å². The first-order chi connectivity index (χ1) is 10.7. The predicted octanol–water partition coefficient (Wildman–Crippen LogP) is 4.78. The molecule has 0 amide bonds. The van der Waals surface area contributed by atoms with Crippen molar-refractivity contribution in [2.24, 2.45) is 0 Å². The maximum Gasteiger partial charge on any atom is 0.0998 e. The molecule has 2 heteroatoms. The van der Waals surface area contributed by atoms with E-state index < -0.39 is 0 Å². The first kappa shape index (κ1) is 13.9. The summed E-state index contributed by atoms with van der Waals surface area (Å²) in [5.74, 6) is 0. The first-order valence-electron chi connectivity index (χ1n) is 7.16. The van der Waals surface area contributed by atoms with Crippen molar-refractivity contribution in [1.82, 2.24) is 0 Å². The molecule has 3 aromatic rings. The van der Waals surface area contributed by atoms with Crippen LogP contribution in [-0.2, 0) is 0 Å². The third-order valence-electron chi connectivity index (χ3n) is 3.76. The summed E-state index contributed by atoms with van der Waals surface area (Å²) in [4.78, 5) is 0. The van der Waals surface area contributed by atoms with E-state index in [4.69, 9.17) is 5.73 Å². The van der Waals surface area contributed by atoms with Gasteiger partial charge in [0, 0.05) is 16.8 Å². The zero-order valence-electron chi connectivity index (χ0n) is 12.4. The Labute approximate surface area is 130 Å². The highest BCUT2D eigenvalue weighted by Gasteiger charge is 2.14. The van der Waals surface area contributed by atoms with E-state index in [1.807, 2.05) is 67.6 Å². The molecular weight excluding hydrogens is 268 g/mol. The molecule has 22 heavy (non-hydrogen) atoms. The van der Waals surface area contributed by atoms with E-state index in [-0.39, 0.29) is 0 Å². The van der Waals surface area contributed by atoms with Crippen LogP contribution in [-0.4, -0.2) is 0 Å². The SMILES string of the molecule is Cc1cccc(-c2c(C#N)ccc(-c3ccccc3)c2N)c1. The highest BCUT2D eigenvalue weighted by Crippen LogP contribution is 2.37. The van der Waals surface area contributed by atoms with Gasteiger partial charge in [-0.05, 0) is 24.1 Å². The molecule has 0 atom stereocenters. The molecule has 0 fully saturated rings. The van der Waals surface area contributed by atoms with Gasteiger partial charge in [0.2, 0.25) is 0 Å². The van der Waals surface area contributed by atoms with Crippen LogP contribution in [0.1, 0.15) is 11.1 Å². The fourth-order valence-electron chi connectivity index (χ4n) is 2.69. The maximum absolute atomic E-state index is 9.43. The lowest BCUT2D eigenvalue weighted by molar-refractivity contribution is 1.44. The van der Waals surface area contributed by atoms with Crippen LogP contribution in [0.25, 0.3) is 22.3 Å². The van der Waals surface area contributed by atoms with E-state index in [1.165, 1.54) is 0 Å². The second kappa shape index (κ2) is 5.75. The number of rotatable bonds is 2. The number of aryl methyl sites for hydroxylation is 1. The number of nitriles is 1. The van der Waals surface area contributed by atoms with Gasteiger partial charge in [0.05, 0.1) is 11.6 Å². The van der Waals surface area contributed by atoms with Crippen LogP contribution in [0.5, 0.6) is 0 Å². The number of hydrogen-bond donors (Lipinski definition) is 1. The van der Waals surface area contributed by atoms with E-state index in [9.17, 15) is 5.26 Å². The van der Waals surface area contributed by atoms with Crippen molar-refractivity contribution >= 4 is 5.69 Å². The summed E-state index contributed by atoms with van der Waals surface area (Å²) in [5, 5.41) is 9.43. The van der Waals surface area contributed by atoms with Crippen molar-refractivity contribution in [1.29, 1.82) is 5.26 Å². The minimum Gasteiger partial charge on any atom is -0.398 e. The molecule has 0 aliphatic heterocycles. The molecule has 3 aromatic carbocycles. The Hall–Kier alpha value is -3.05. The van der Waals surface area contributed by atoms with E-state index in [1.54, 1.807) is 0 Å². The van der Waals surface area contributed by atoms with Crippen molar-refractivity contribution in [3.8, 4) is 28.3 Å². The quantitative estimate of drug-likeness (QED) is 0.688. The highest BCUT2D eigenvalue weighted by molar-refractivity contribution is 5.92. The zero-order valence-corrected chi connectivity index (χ0v) is 12.4. The Morgan fingerprint density at radius 2 is 1.59 bits per heavy atom. The Morgan fingerprint density at radius 1 is 0.864 bits per heavy atom. The van der Waals surface area contributed by atoms with Gasteiger partial charge in [0.1, 0.15) is 0 Å². The first-order valence-corrected chi connectivity index (χ1v) is 7.16. The molecule has 0 bridgehead atoms. The van der Waals surface area contributed by atoms with Crippen molar-refractivity contribution in [3.05, 3.63) is 77.9 Å². The number of nitrogen functional groups attached to an aromatic ring is 1. The van der Waals surface area contributed by atoms with Gasteiger partial charge < -0.3 is 5.73 Å². The fourth-order valence-corrected chi connectivity index (χ4v) is 2.69. The summed E-state index contributed by atoms with van der Waals surface area (Å²) in [7, 11) is 0. The van der Waals surface area contributed by atoms with Crippen LogP contribution < -0.4 is 5.73 Å². The molecule has 0 saturated heterocycles. The van der Waals surface area contributed by atoms with Gasteiger partial charge in [-0.15, -0.1) is 0 Å². The second-order valence-corrected chi connectivity index (χ2v) is 5.30. The van der Waals surface area contributed by atoms with Crippen molar-refractivity contribution in [2.75, 3.05) is 5.73 Å². The molecule has 0 heterocycles. The Kier molecular flexibility index (Phi) is 3.64. The standard InChI is InChI=1S/C20H16N2/c1-14-6-5-9-16(12-14)19-17(13-21)10-11-18(20(19)22)15-7-3-2-4-8-15/h2-12H,22H2,1H3. The summed E-state index contributed by atoms with van der Waals surface area (Å²) < 4.78 is 0. The normalized spacial score (nSPS) is 10.2. The number of nitrogens with zero attached hydrogens (tertiary/aromatic N) is 1. The molecule has 106 valence electrons. The highest BCUT2D eigenvalue weighted by atomic mass is 14.6. The van der Waals surface area contributed by atoms with Crippen LogP contribution in [0.15, 0.2) is 66.7 Å².